The van der Waals surface area contributed by atoms with E-state index < -0.39 is 17.8 Å². The minimum atomic E-state index is -1.35. The van der Waals surface area contributed by atoms with Crippen molar-refractivity contribution in [3.05, 3.63) is 100 Å². The topological polar surface area (TPSA) is 92.4 Å². The summed E-state index contributed by atoms with van der Waals surface area (Å²) >= 11 is 6.24. The molecule has 33 heavy (non-hydrogen) atoms. The van der Waals surface area contributed by atoms with E-state index in [1.54, 1.807) is 17.7 Å². The Labute approximate surface area is 193 Å². The molecule has 2 N–H and O–H groups in total. The number of imidazole rings is 1. The second kappa shape index (κ2) is 8.88. The second-order valence-corrected chi connectivity index (χ2v) is 7.87. The van der Waals surface area contributed by atoms with E-state index in [1.807, 2.05) is 30.3 Å². The summed E-state index contributed by atoms with van der Waals surface area (Å²) in [4.78, 5) is 29.1. The van der Waals surface area contributed by atoms with Gasteiger partial charge in [-0.3, -0.25) is 0 Å². The Hall–Kier alpha value is -3.97. The average molecular weight is 465 g/mol. The molecule has 0 amide bonds. The van der Waals surface area contributed by atoms with Gasteiger partial charge in [0, 0.05) is 30.1 Å². The van der Waals surface area contributed by atoms with E-state index in [0.717, 1.165) is 11.6 Å². The predicted molar refractivity (Wildman–Crippen MR) is 122 cm³/mol. The number of halogens is 2. The highest BCUT2D eigenvalue weighted by Gasteiger charge is 2.29. The van der Waals surface area contributed by atoms with Gasteiger partial charge in [-0.1, -0.05) is 41.9 Å². The van der Waals surface area contributed by atoms with Crippen LogP contribution in [0.15, 0.2) is 67.0 Å². The van der Waals surface area contributed by atoms with Gasteiger partial charge in [-0.05, 0) is 47.9 Å². The van der Waals surface area contributed by atoms with Gasteiger partial charge in [-0.25, -0.2) is 19.0 Å². The maximum atomic E-state index is 13.6. The zero-order valence-electron chi connectivity index (χ0n) is 17.4. The van der Waals surface area contributed by atoms with Crippen molar-refractivity contribution >= 4 is 23.5 Å². The predicted octanol–water partition coefficient (Wildman–Crippen LogP) is 5.76. The number of hydrogen-bond acceptors (Lipinski definition) is 3. The van der Waals surface area contributed by atoms with E-state index in [1.165, 1.54) is 24.4 Å². The molecular weight excluding hydrogens is 447 g/mol. The lowest BCUT2D eigenvalue weighted by molar-refractivity contribution is 0.0695. The Morgan fingerprint density at radius 1 is 1.00 bits per heavy atom. The van der Waals surface area contributed by atoms with E-state index >= 15 is 0 Å². The van der Waals surface area contributed by atoms with Crippen molar-refractivity contribution in [2.45, 2.75) is 13.5 Å². The van der Waals surface area contributed by atoms with Crippen LogP contribution in [0.5, 0.6) is 0 Å². The third-order valence-electron chi connectivity index (χ3n) is 5.31. The Kier molecular flexibility index (Phi) is 5.98. The quantitative estimate of drug-likeness (QED) is 0.378. The fourth-order valence-electron chi connectivity index (χ4n) is 3.90. The van der Waals surface area contributed by atoms with Crippen LogP contribution in [0.25, 0.3) is 22.5 Å². The Bertz CT molecular complexity index is 1380. The normalized spacial score (nSPS) is 10.9. The third-order valence-corrected chi connectivity index (χ3v) is 5.62. The molecule has 0 saturated carbocycles. The summed E-state index contributed by atoms with van der Waals surface area (Å²) in [7, 11) is 0. The van der Waals surface area contributed by atoms with Crippen molar-refractivity contribution in [2.24, 2.45) is 0 Å². The van der Waals surface area contributed by atoms with Crippen LogP contribution in [0.1, 0.15) is 31.8 Å². The maximum Gasteiger partial charge on any atom is 0.337 e. The number of hydrogen-bond donors (Lipinski definition) is 2. The minimum absolute atomic E-state index is 0.0125. The van der Waals surface area contributed by atoms with Crippen LogP contribution in [0.4, 0.5) is 4.39 Å². The molecule has 0 aliphatic carbocycles. The van der Waals surface area contributed by atoms with Gasteiger partial charge < -0.3 is 14.8 Å². The van der Waals surface area contributed by atoms with E-state index in [4.69, 9.17) is 11.6 Å². The summed E-state index contributed by atoms with van der Waals surface area (Å²) in [6, 6.07) is 14.5. The van der Waals surface area contributed by atoms with Crippen molar-refractivity contribution in [1.82, 2.24) is 9.55 Å². The molecule has 1 aromatic heterocycles. The summed E-state index contributed by atoms with van der Waals surface area (Å²) in [6.07, 6.45) is 3.15. The van der Waals surface area contributed by atoms with Crippen LogP contribution in [0, 0.1) is 12.7 Å². The number of nitrogens with zero attached hydrogens (tertiary/aromatic N) is 2. The number of aromatic carboxylic acids is 2. The molecular formula is C25H18ClFN2O4. The number of carboxylic acid groups (broad SMARTS) is 2. The first-order valence-electron chi connectivity index (χ1n) is 9.93. The van der Waals surface area contributed by atoms with Crippen molar-refractivity contribution in [1.29, 1.82) is 0 Å². The number of aromatic nitrogens is 2. The maximum absolute atomic E-state index is 13.6. The molecule has 1 heterocycles. The largest absolute Gasteiger partial charge is 0.478 e. The molecule has 4 aromatic rings. The summed E-state index contributed by atoms with van der Waals surface area (Å²) < 4.78 is 15.3. The van der Waals surface area contributed by atoms with Crippen LogP contribution >= 0.6 is 11.6 Å². The highest BCUT2D eigenvalue weighted by molar-refractivity contribution is 6.33. The van der Waals surface area contributed by atoms with Gasteiger partial charge >= 0.3 is 11.9 Å². The van der Waals surface area contributed by atoms with Crippen LogP contribution in [-0.4, -0.2) is 31.7 Å². The molecule has 0 unspecified atom stereocenters. The first-order valence-corrected chi connectivity index (χ1v) is 10.3. The molecule has 8 heteroatoms. The van der Waals surface area contributed by atoms with Crippen molar-refractivity contribution in [3.63, 3.8) is 0 Å². The van der Waals surface area contributed by atoms with Gasteiger partial charge in [0.1, 0.15) is 11.6 Å². The number of benzene rings is 3. The molecule has 3 aromatic carbocycles. The minimum Gasteiger partial charge on any atom is -0.478 e. The van der Waals surface area contributed by atoms with E-state index in [-0.39, 0.29) is 38.7 Å². The molecule has 166 valence electrons. The van der Waals surface area contributed by atoms with Gasteiger partial charge in [0.25, 0.3) is 0 Å². The fourth-order valence-corrected chi connectivity index (χ4v) is 4.17. The van der Waals surface area contributed by atoms with Crippen molar-refractivity contribution in [2.75, 3.05) is 0 Å². The molecule has 4 rings (SSSR count). The van der Waals surface area contributed by atoms with Crippen LogP contribution < -0.4 is 0 Å². The van der Waals surface area contributed by atoms with Gasteiger partial charge in [-0.15, -0.1) is 0 Å². The molecule has 0 bridgehead atoms. The standard InChI is InChI=1S/C25H18ClFN2O4/c1-14-11-18(17-8-7-16(27)12-19(17)26)21(25(32)33)22(20(14)24(30)31)23-28-9-10-29(23)13-15-5-3-2-4-6-15/h2-12H,13H2,1H3,(H,30,31)(H,32,33). The van der Waals surface area contributed by atoms with E-state index in [9.17, 15) is 24.2 Å². The molecule has 0 aliphatic heterocycles. The van der Waals surface area contributed by atoms with Crippen LogP contribution in [-0.2, 0) is 6.54 Å². The second-order valence-electron chi connectivity index (χ2n) is 7.46. The van der Waals surface area contributed by atoms with Gasteiger partial charge in [0.2, 0.25) is 0 Å². The number of aryl methyl sites for hydroxylation is 1. The molecule has 0 aliphatic rings. The zero-order valence-corrected chi connectivity index (χ0v) is 18.2. The molecule has 0 spiro atoms. The van der Waals surface area contributed by atoms with Crippen molar-refractivity contribution in [3.8, 4) is 22.5 Å². The van der Waals surface area contributed by atoms with Gasteiger partial charge in [-0.2, -0.15) is 0 Å². The third kappa shape index (κ3) is 4.23. The zero-order chi connectivity index (χ0) is 23.7. The highest BCUT2D eigenvalue weighted by atomic mass is 35.5. The SMILES string of the molecule is Cc1cc(-c2ccc(F)cc2Cl)c(C(=O)O)c(-c2nccn2Cc2ccccc2)c1C(=O)O. The Morgan fingerprint density at radius 3 is 2.33 bits per heavy atom. The summed E-state index contributed by atoms with van der Waals surface area (Å²) in [5.41, 5.74) is 1.23. The molecule has 6 nitrogen and oxygen atoms in total. The van der Waals surface area contributed by atoms with Crippen LogP contribution in [0.2, 0.25) is 5.02 Å². The number of carbonyl (C=O) groups is 2. The lowest BCUT2D eigenvalue weighted by atomic mass is 9.88. The summed E-state index contributed by atoms with van der Waals surface area (Å²) in [5, 5.41) is 20.2. The summed E-state index contributed by atoms with van der Waals surface area (Å²) in [6.45, 7) is 1.93. The van der Waals surface area contributed by atoms with Gasteiger partial charge in [0.05, 0.1) is 16.1 Å². The molecule has 0 fully saturated rings. The van der Waals surface area contributed by atoms with Crippen molar-refractivity contribution < 1.29 is 24.2 Å². The molecule has 0 atom stereocenters. The Morgan fingerprint density at radius 2 is 1.70 bits per heavy atom. The highest BCUT2D eigenvalue weighted by Crippen LogP contribution is 2.39. The first kappa shape index (κ1) is 22.2. The molecule has 0 radical (unpaired) electrons. The summed E-state index contributed by atoms with van der Waals surface area (Å²) in [5.74, 6) is -3.01. The Balaban J connectivity index is 2.04. The average Bonchev–Trinajstić information content (AvgIpc) is 3.21. The number of carboxylic acids is 2. The van der Waals surface area contributed by atoms with E-state index in [0.29, 0.717) is 12.1 Å². The smallest absolute Gasteiger partial charge is 0.337 e. The lowest BCUT2D eigenvalue weighted by Crippen LogP contribution is -2.14. The molecule has 0 saturated heterocycles. The number of rotatable bonds is 6. The fraction of sp³-hybridized carbons (Fsp3) is 0.0800. The lowest BCUT2D eigenvalue weighted by Gasteiger charge is -2.19. The van der Waals surface area contributed by atoms with E-state index in [2.05, 4.69) is 4.98 Å². The monoisotopic (exact) mass is 464 g/mol. The first-order chi connectivity index (χ1) is 15.8. The van der Waals surface area contributed by atoms with Crippen LogP contribution in [0.3, 0.4) is 0 Å². The van der Waals surface area contributed by atoms with Gasteiger partial charge in [0.15, 0.2) is 0 Å².